The van der Waals surface area contributed by atoms with Gasteiger partial charge in [-0.1, -0.05) is 39.5 Å². The Bertz CT molecular complexity index is 331. The van der Waals surface area contributed by atoms with E-state index in [1.54, 1.807) is 0 Å². The molecule has 3 nitrogen and oxygen atoms in total. The predicted molar refractivity (Wildman–Crippen MR) is 86.1 cm³/mol. The summed E-state index contributed by atoms with van der Waals surface area (Å²) in [6, 6.07) is 0. The Morgan fingerprint density at radius 1 is 1.10 bits per heavy atom. The van der Waals surface area contributed by atoms with Crippen LogP contribution in [0.15, 0.2) is 0 Å². The van der Waals surface area contributed by atoms with Gasteiger partial charge >= 0.3 is 0 Å². The molecule has 0 aromatic carbocycles. The first-order valence-electron chi connectivity index (χ1n) is 8.97. The Morgan fingerprint density at radius 3 is 2.43 bits per heavy atom. The van der Waals surface area contributed by atoms with Gasteiger partial charge in [0.2, 0.25) is 5.91 Å². The van der Waals surface area contributed by atoms with Crippen molar-refractivity contribution in [2.24, 2.45) is 17.8 Å². The molecule has 0 aromatic rings. The minimum absolute atomic E-state index is 0.0754. The summed E-state index contributed by atoms with van der Waals surface area (Å²) in [5.41, 5.74) is 0. The molecule has 0 aromatic heterocycles. The largest absolute Gasteiger partial charge is 0.365 e. The molecule has 2 aliphatic carbocycles. The van der Waals surface area contributed by atoms with Gasteiger partial charge in [0.1, 0.15) is 6.10 Å². The fraction of sp³-hybridized carbons (Fsp3) is 0.944. The second-order valence-corrected chi connectivity index (χ2v) is 7.56. The number of amides is 1. The van der Waals surface area contributed by atoms with Gasteiger partial charge in [0, 0.05) is 6.54 Å². The van der Waals surface area contributed by atoms with Gasteiger partial charge in [-0.3, -0.25) is 4.79 Å². The second-order valence-electron chi connectivity index (χ2n) is 7.56. The molecule has 0 aliphatic heterocycles. The molecule has 21 heavy (non-hydrogen) atoms. The Kier molecular flexibility index (Phi) is 6.53. The van der Waals surface area contributed by atoms with E-state index >= 15 is 0 Å². The van der Waals surface area contributed by atoms with Crippen molar-refractivity contribution in [2.45, 2.75) is 84.3 Å². The molecule has 2 saturated carbocycles. The van der Waals surface area contributed by atoms with Crippen LogP contribution in [0.2, 0.25) is 0 Å². The maximum absolute atomic E-state index is 12.2. The molecule has 0 bridgehead atoms. The number of hydrogen-bond donors (Lipinski definition) is 1. The lowest BCUT2D eigenvalue weighted by Gasteiger charge is -2.30. The van der Waals surface area contributed by atoms with Gasteiger partial charge in [0.05, 0.1) is 6.10 Å². The van der Waals surface area contributed by atoms with Crippen molar-refractivity contribution in [3.8, 4) is 0 Å². The number of ether oxygens (including phenoxy) is 1. The highest BCUT2D eigenvalue weighted by molar-refractivity contribution is 5.80. The van der Waals surface area contributed by atoms with E-state index in [1.807, 2.05) is 6.92 Å². The Balaban J connectivity index is 1.67. The fourth-order valence-electron chi connectivity index (χ4n) is 3.99. The van der Waals surface area contributed by atoms with E-state index in [9.17, 15) is 4.79 Å². The van der Waals surface area contributed by atoms with E-state index < -0.39 is 0 Å². The molecular weight excluding hydrogens is 262 g/mol. The van der Waals surface area contributed by atoms with Crippen LogP contribution in [-0.4, -0.2) is 24.7 Å². The normalized spacial score (nSPS) is 35.2. The molecule has 2 fully saturated rings. The Labute approximate surface area is 130 Å². The van der Waals surface area contributed by atoms with Gasteiger partial charge in [0.15, 0.2) is 0 Å². The molecule has 3 heteroatoms. The van der Waals surface area contributed by atoms with Gasteiger partial charge < -0.3 is 10.1 Å². The van der Waals surface area contributed by atoms with E-state index in [-0.39, 0.29) is 18.1 Å². The van der Waals surface area contributed by atoms with Gasteiger partial charge in [-0.15, -0.1) is 0 Å². The third-order valence-corrected chi connectivity index (χ3v) is 5.26. The van der Waals surface area contributed by atoms with Gasteiger partial charge in [-0.05, 0) is 50.4 Å². The summed E-state index contributed by atoms with van der Waals surface area (Å²) < 4.78 is 5.97. The predicted octanol–water partition coefficient (Wildman–Crippen LogP) is 3.91. The topological polar surface area (TPSA) is 38.3 Å². The molecule has 2 aliphatic rings. The summed E-state index contributed by atoms with van der Waals surface area (Å²) in [7, 11) is 0. The average molecular weight is 295 g/mol. The van der Waals surface area contributed by atoms with E-state index in [1.165, 1.54) is 38.5 Å². The summed E-state index contributed by atoms with van der Waals surface area (Å²) >= 11 is 0. The molecular formula is C18H33NO2. The molecule has 0 radical (unpaired) electrons. The SMILES string of the molecule is CC1CCCC(CNC(=O)C(C)OC2CCCC(C)C2)C1. The standard InChI is InChI=1S/C18H33NO2/c1-13-6-4-8-16(10-13)12-19-18(20)15(3)21-17-9-5-7-14(2)11-17/h13-17H,4-12H2,1-3H3,(H,19,20). The maximum atomic E-state index is 12.2. The molecule has 0 spiro atoms. The Hall–Kier alpha value is -0.570. The van der Waals surface area contributed by atoms with Crippen molar-refractivity contribution in [3.63, 3.8) is 0 Å². The molecule has 1 amide bonds. The van der Waals surface area contributed by atoms with Crippen molar-refractivity contribution in [2.75, 3.05) is 6.54 Å². The van der Waals surface area contributed by atoms with E-state index in [4.69, 9.17) is 4.74 Å². The molecule has 5 atom stereocenters. The van der Waals surface area contributed by atoms with E-state index in [2.05, 4.69) is 19.2 Å². The Morgan fingerprint density at radius 2 is 1.76 bits per heavy atom. The average Bonchev–Trinajstić information content (AvgIpc) is 2.45. The van der Waals surface area contributed by atoms with Crippen LogP contribution < -0.4 is 5.32 Å². The third-order valence-electron chi connectivity index (χ3n) is 5.26. The van der Waals surface area contributed by atoms with Crippen molar-refractivity contribution in [1.29, 1.82) is 0 Å². The highest BCUT2D eigenvalue weighted by Crippen LogP contribution is 2.28. The minimum Gasteiger partial charge on any atom is -0.365 e. The molecule has 5 unspecified atom stereocenters. The minimum atomic E-state index is -0.304. The first-order valence-corrected chi connectivity index (χ1v) is 8.97. The zero-order valence-electron chi connectivity index (χ0n) is 14.1. The van der Waals surface area contributed by atoms with Crippen LogP contribution in [0.3, 0.4) is 0 Å². The summed E-state index contributed by atoms with van der Waals surface area (Å²) in [6.45, 7) is 7.34. The van der Waals surface area contributed by atoms with Crippen molar-refractivity contribution in [1.82, 2.24) is 5.32 Å². The lowest BCUT2D eigenvalue weighted by atomic mass is 9.82. The molecule has 2 rings (SSSR count). The lowest BCUT2D eigenvalue weighted by molar-refractivity contribution is -0.137. The van der Waals surface area contributed by atoms with Gasteiger partial charge in [-0.2, -0.15) is 0 Å². The van der Waals surface area contributed by atoms with Crippen LogP contribution >= 0.6 is 0 Å². The van der Waals surface area contributed by atoms with Crippen molar-refractivity contribution >= 4 is 5.91 Å². The summed E-state index contributed by atoms with van der Waals surface area (Å²) in [6.07, 6.45) is 9.93. The monoisotopic (exact) mass is 295 g/mol. The van der Waals surface area contributed by atoms with Crippen LogP contribution in [0.25, 0.3) is 0 Å². The first-order chi connectivity index (χ1) is 10.0. The summed E-state index contributed by atoms with van der Waals surface area (Å²) in [5.74, 6) is 2.30. The first kappa shape index (κ1) is 16.8. The quantitative estimate of drug-likeness (QED) is 0.835. The fourth-order valence-corrected chi connectivity index (χ4v) is 3.99. The van der Waals surface area contributed by atoms with Crippen molar-refractivity contribution in [3.05, 3.63) is 0 Å². The van der Waals surface area contributed by atoms with Gasteiger partial charge in [0.25, 0.3) is 0 Å². The number of hydrogen-bond acceptors (Lipinski definition) is 2. The molecule has 122 valence electrons. The van der Waals surface area contributed by atoms with Gasteiger partial charge in [-0.25, -0.2) is 0 Å². The van der Waals surface area contributed by atoms with E-state index in [0.717, 1.165) is 31.2 Å². The zero-order valence-corrected chi connectivity index (χ0v) is 14.1. The molecule has 0 heterocycles. The molecule has 0 saturated heterocycles. The number of nitrogens with one attached hydrogen (secondary N) is 1. The summed E-state index contributed by atoms with van der Waals surface area (Å²) in [5, 5.41) is 3.11. The van der Waals surface area contributed by atoms with Crippen LogP contribution in [0.5, 0.6) is 0 Å². The van der Waals surface area contributed by atoms with Crippen LogP contribution in [0.1, 0.15) is 72.1 Å². The van der Waals surface area contributed by atoms with Crippen LogP contribution in [0.4, 0.5) is 0 Å². The number of rotatable bonds is 5. The number of carbonyl (C=O) groups is 1. The molecule has 1 N–H and O–H groups in total. The highest BCUT2D eigenvalue weighted by Gasteiger charge is 2.25. The zero-order chi connectivity index (χ0) is 15.2. The summed E-state index contributed by atoms with van der Waals surface area (Å²) in [4.78, 5) is 12.2. The maximum Gasteiger partial charge on any atom is 0.248 e. The smallest absolute Gasteiger partial charge is 0.248 e. The van der Waals surface area contributed by atoms with E-state index in [0.29, 0.717) is 5.92 Å². The lowest BCUT2D eigenvalue weighted by Crippen LogP contribution is -2.40. The number of carbonyl (C=O) groups excluding carboxylic acids is 1. The van der Waals surface area contributed by atoms with Crippen LogP contribution in [0, 0.1) is 17.8 Å². The highest BCUT2D eigenvalue weighted by atomic mass is 16.5. The third kappa shape index (κ3) is 5.61. The van der Waals surface area contributed by atoms with Crippen LogP contribution in [-0.2, 0) is 9.53 Å². The second kappa shape index (κ2) is 8.17. The van der Waals surface area contributed by atoms with Crippen molar-refractivity contribution < 1.29 is 9.53 Å².